The lowest BCUT2D eigenvalue weighted by Gasteiger charge is -2.18. The van der Waals surface area contributed by atoms with E-state index in [2.05, 4.69) is 21.2 Å². The fourth-order valence-electron chi connectivity index (χ4n) is 1.70. The van der Waals surface area contributed by atoms with Crippen molar-refractivity contribution in [2.75, 3.05) is 6.54 Å². The van der Waals surface area contributed by atoms with Crippen LogP contribution in [0.15, 0.2) is 22.7 Å². The number of aliphatic hydroxyl groups is 1. The second-order valence-corrected chi connectivity index (χ2v) is 5.15. The number of nitrogens with one attached hydrogen (secondary N) is 1. The molecule has 0 saturated heterocycles. The molecule has 0 amide bonds. The third-order valence-corrected chi connectivity index (χ3v) is 3.20. The van der Waals surface area contributed by atoms with Gasteiger partial charge in [0, 0.05) is 22.6 Å². The number of halogens is 2. The van der Waals surface area contributed by atoms with E-state index in [0.717, 1.165) is 17.3 Å². The van der Waals surface area contributed by atoms with Crippen LogP contribution in [-0.2, 0) is 0 Å². The summed E-state index contributed by atoms with van der Waals surface area (Å²) in [6.07, 6.45) is 1.35. The molecule has 4 heteroatoms. The van der Waals surface area contributed by atoms with E-state index in [1.165, 1.54) is 6.07 Å². The molecule has 2 atom stereocenters. The Morgan fingerprint density at radius 2 is 2.18 bits per heavy atom. The van der Waals surface area contributed by atoms with Crippen LogP contribution in [0.1, 0.15) is 38.3 Å². The normalized spacial score (nSPS) is 14.6. The van der Waals surface area contributed by atoms with Gasteiger partial charge in [-0.25, -0.2) is 4.39 Å². The van der Waals surface area contributed by atoms with E-state index in [-0.39, 0.29) is 18.0 Å². The smallest absolute Gasteiger partial charge is 0.128 e. The Bertz CT molecular complexity index is 359. The van der Waals surface area contributed by atoms with Crippen molar-refractivity contribution >= 4 is 15.9 Å². The Morgan fingerprint density at radius 1 is 1.47 bits per heavy atom. The number of hydrogen-bond acceptors (Lipinski definition) is 2. The van der Waals surface area contributed by atoms with Gasteiger partial charge in [0.05, 0.1) is 6.10 Å². The van der Waals surface area contributed by atoms with Crippen molar-refractivity contribution in [3.05, 3.63) is 34.1 Å². The molecular formula is C13H19BrFNO. The van der Waals surface area contributed by atoms with Crippen LogP contribution in [0.25, 0.3) is 0 Å². The molecule has 0 aromatic heterocycles. The lowest BCUT2D eigenvalue weighted by Crippen LogP contribution is -2.29. The van der Waals surface area contributed by atoms with Gasteiger partial charge in [-0.15, -0.1) is 0 Å². The molecule has 2 nitrogen and oxygen atoms in total. The highest BCUT2D eigenvalue weighted by molar-refractivity contribution is 9.10. The number of aliphatic hydroxyl groups excluding tert-OH is 1. The largest absolute Gasteiger partial charge is 0.392 e. The molecule has 1 aromatic rings. The molecular weight excluding hydrogens is 285 g/mol. The van der Waals surface area contributed by atoms with E-state index in [1.807, 2.05) is 13.8 Å². The topological polar surface area (TPSA) is 32.3 Å². The first-order chi connectivity index (χ1) is 8.04. The summed E-state index contributed by atoms with van der Waals surface area (Å²) >= 11 is 3.33. The molecule has 0 heterocycles. The molecule has 0 radical (unpaired) electrons. The molecule has 0 aliphatic heterocycles. The Labute approximate surface area is 110 Å². The molecule has 1 rings (SSSR count). The van der Waals surface area contributed by atoms with Crippen LogP contribution in [0, 0.1) is 5.82 Å². The van der Waals surface area contributed by atoms with Gasteiger partial charge in [0.2, 0.25) is 0 Å². The van der Waals surface area contributed by atoms with E-state index in [9.17, 15) is 9.50 Å². The van der Waals surface area contributed by atoms with Crippen molar-refractivity contribution in [3.8, 4) is 0 Å². The third-order valence-electron chi connectivity index (χ3n) is 2.71. The highest BCUT2D eigenvalue weighted by atomic mass is 79.9. The van der Waals surface area contributed by atoms with Gasteiger partial charge in [-0.2, -0.15) is 0 Å². The maximum absolute atomic E-state index is 13.6. The molecule has 1 aromatic carbocycles. The first kappa shape index (κ1) is 14.6. The summed E-state index contributed by atoms with van der Waals surface area (Å²) in [6, 6.07) is 4.77. The number of rotatable bonds is 6. The molecule has 0 aliphatic carbocycles. The van der Waals surface area contributed by atoms with Crippen molar-refractivity contribution in [1.82, 2.24) is 5.32 Å². The summed E-state index contributed by atoms with van der Waals surface area (Å²) in [4.78, 5) is 0. The van der Waals surface area contributed by atoms with Gasteiger partial charge < -0.3 is 10.4 Å². The maximum atomic E-state index is 13.6. The predicted molar refractivity (Wildman–Crippen MR) is 71.4 cm³/mol. The van der Waals surface area contributed by atoms with E-state index in [0.29, 0.717) is 12.1 Å². The fourth-order valence-corrected chi connectivity index (χ4v) is 2.08. The van der Waals surface area contributed by atoms with Gasteiger partial charge in [-0.1, -0.05) is 29.3 Å². The van der Waals surface area contributed by atoms with Gasteiger partial charge in [-0.3, -0.25) is 0 Å². The van der Waals surface area contributed by atoms with Crippen molar-refractivity contribution in [3.63, 3.8) is 0 Å². The number of benzene rings is 1. The Morgan fingerprint density at radius 3 is 2.82 bits per heavy atom. The minimum Gasteiger partial charge on any atom is -0.392 e. The second-order valence-electron chi connectivity index (χ2n) is 4.24. The fraction of sp³-hybridized carbons (Fsp3) is 0.538. The first-order valence-electron chi connectivity index (χ1n) is 5.91. The summed E-state index contributed by atoms with van der Waals surface area (Å²) in [5.41, 5.74) is 0.614. The highest BCUT2D eigenvalue weighted by Crippen LogP contribution is 2.21. The average molecular weight is 304 g/mol. The minimum absolute atomic E-state index is 0.112. The zero-order valence-electron chi connectivity index (χ0n) is 10.2. The number of hydrogen-bond donors (Lipinski definition) is 2. The zero-order valence-corrected chi connectivity index (χ0v) is 11.8. The van der Waals surface area contributed by atoms with Crippen LogP contribution >= 0.6 is 15.9 Å². The molecule has 17 heavy (non-hydrogen) atoms. The average Bonchev–Trinajstić information content (AvgIpc) is 2.29. The Balaban J connectivity index is 2.57. The molecule has 0 spiro atoms. The summed E-state index contributed by atoms with van der Waals surface area (Å²) < 4.78 is 14.4. The third kappa shape index (κ3) is 4.74. The SMILES string of the molecule is CCCC(O)CNC(C)c1cc(Br)ccc1F. The van der Waals surface area contributed by atoms with Crippen LogP contribution in [0.2, 0.25) is 0 Å². The van der Waals surface area contributed by atoms with Crippen molar-refractivity contribution < 1.29 is 9.50 Å². The van der Waals surface area contributed by atoms with Crippen LogP contribution in [0.5, 0.6) is 0 Å². The quantitative estimate of drug-likeness (QED) is 0.844. The van der Waals surface area contributed by atoms with Gasteiger partial charge in [0.25, 0.3) is 0 Å². The standard InChI is InChI=1S/C13H19BrFNO/c1-3-4-11(17)8-16-9(2)12-7-10(14)5-6-13(12)15/h5-7,9,11,16-17H,3-4,8H2,1-2H3. The summed E-state index contributed by atoms with van der Waals surface area (Å²) in [5, 5.41) is 12.7. The molecule has 0 saturated carbocycles. The summed E-state index contributed by atoms with van der Waals surface area (Å²) in [7, 11) is 0. The lowest BCUT2D eigenvalue weighted by molar-refractivity contribution is 0.157. The Hall–Kier alpha value is -0.450. The molecule has 96 valence electrons. The first-order valence-corrected chi connectivity index (χ1v) is 6.70. The maximum Gasteiger partial charge on any atom is 0.128 e. The van der Waals surface area contributed by atoms with Crippen molar-refractivity contribution in [2.45, 2.75) is 38.8 Å². The molecule has 0 bridgehead atoms. The van der Waals surface area contributed by atoms with Gasteiger partial charge in [0.15, 0.2) is 0 Å². The second kappa shape index (κ2) is 7.09. The van der Waals surface area contributed by atoms with E-state index < -0.39 is 0 Å². The van der Waals surface area contributed by atoms with Crippen LogP contribution < -0.4 is 5.32 Å². The molecule has 2 N–H and O–H groups in total. The lowest BCUT2D eigenvalue weighted by atomic mass is 10.1. The van der Waals surface area contributed by atoms with E-state index in [4.69, 9.17) is 0 Å². The van der Waals surface area contributed by atoms with Crippen LogP contribution in [0.3, 0.4) is 0 Å². The molecule has 2 unspecified atom stereocenters. The van der Waals surface area contributed by atoms with Gasteiger partial charge in [0.1, 0.15) is 5.82 Å². The summed E-state index contributed by atoms with van der Waals surface area (Å²) in [5.74, 6) is -0.224. The minimum atomic E-state index is -0.363. The van der Waals surface area contributed by atoms with Gasteiger partial charge in [-0.05, 0) is 31.5 Å². The highest BCUT2D eigenvalue weighted by Gasteiger charge is 2.12. The molecule has 0 fully saturated rings. The van der Waals surface area contributed by atoms with E-state index >= 15 is 0 Å². The van der Waals surface area contributed by atoms with Gasteiger partial charge >= 0.3 is 0 Å². The van der Waals surface area contributed by atoms with E-state index in [1.54, 1.807) is 12.1 Å². The van der Waals surface area contributed by atoms with Crippen molar-refractivity contribution in [2.24, 2.45) is 0 Å². The zero-order chi connectivity index (χ0) is 12.8. The predicted octanol–water partition coefficient (Wildman–Crippen LogP) is 3.40. The molecule has 0 aliphatic rings. The van der Waals surface area contributed by atoms with Crippen LogP contribution in [0.4, 0.5) is 4.39 Å². The Kier molecular flexibility index (Phi) is 6.09. The summed E-state index contributed by atoms with van der Waals surface area (Å²) in [6.45, 7) is 4.41. The van der Waals surface area contributed by atoms with Crippen molar-refractivity contribution in [1.29, 1.82) is 0 Å². The monoisotopic (exact) mass is 303 g/mol. The van der Waals surface area contributed by atoms with Crippen LogP contribution in [-0.4, -0.2) is 17.8 Å².